The van der Waals surface area contributed by atoms with Gasteiger partial charge in [0.25, 0.3) is 11.8 Å². The van der Waals surface area contributed by atoms with Crippen LogP contribution >= 0.6 is 0 Å². The number of rotatable bonds is 8. The highest BCUT2D eigenvalue weighted by molar-refractivity contribution is 6.06. The summed E-state index contributed by atoms with van der Waals surface area (Å²) in [5.74, 6) is -0.256. The molecule has 2 N–H and O–H groups in total. The Kier molecular flexibility index (Phi) is 8.33. The van der Waals surface area contributed by atoms with Crippen molar-refractivity contribution < 1.29 is 14.3 Å². The molecule has 3 aromatic carbocycles. The van der Waals surface area contributed by atoms with Crippen molar-refractivity contribution in [3.8, 4) is 0 Å². The number of nitrogens with one attached hydrogen (secondary N) is 2. The normalized spacial score (nSPS) is 13.9. The van der Waals surface area contributed by atoms with Gasteiger partial charge in [-0.05, 0) is 86.3 Å². The summed E-state index contributed by atoms with van der Waals surface area (Å²) in [5.41, 5.74) is 8.64. The van der Waals surface area contributed by atoms with Crippen LogP contribution in [0.1, 0.15) is 48.7 Å². The first-order valence-electron chi connectivity index (χ1n) is 13.9. The molecule has 0 bridgehead atoms. The lowest BCUT2D eigenvalue weighted by molar-refractivity contribution is 0.0383. The molecule has 5 rings (SSSR count). The van der Waals surface area contributed by atoms with Crippen molar-refractivity contribution in [3.05, 3.63) is 99.7 Å². The molecule has 0 spiro atoms. The van der Waals surface area contributed by atoms with Crippen molar-refractivity contribution in [2.24, 2.45) is 0 Å². The lowest BCUT2D eigenvalue weighted by atomic mass is 10.1. The number of carbonyl (C=O) groups is 2. The Balaban J connectivity index is 1.42. The highest BCUT2D eigenvalue weighted by Gasteiger charge is 2.18. The number of hydrogen-bond donors (Lipinski definition) is 2. The zero-order valence-electron chi connectivity index (χ0n) is 23.8. The van der Waals surface area contributed by atoms with Crippen LogP contribution in [-0.4, -0.2) is 60.7 Å². The molecule has 7 heteroatoms. The second-order valence-electron chi connectivity index (χ2n) is 10.8. The standard InChI is InChI=1S/C33H38N4O3/c1-22-5-6-24(3)28(17-22)21-37-30-10-9-29(35-32(38)26-8-7-23(2)25(4)18-26)19-27(30)20-31(37)33(39)34-11-12-36-13-15-40-16-14-36/h5-10,17-20H,11-16,21H2,1-4H3,(H,34,39)(H,35,38). The minimum absolute atomic E-state index is 0.101. The fraction of sp³-hybridized carbons (Fsp3) is 0.333. The number of ether oxygens (including phenoxy) is 1. The summed E-state index contributed by atoms with van der Waals surface area (Å²) in [5, 5.41) is 7.06. The molecule has 0 aliphatic carbocycles. The van der Waals surface area contributed by atoms with Crippen LogP contribution in [0.3, 0.4) is 0 Å². The van der Waals surface area contributed by atoms with Gasteiger partial charge in [0, 0.05) is 54.9 Å². The van der Waals surface area contributed by atoms with E-state index in [1.807, 2.05) is 56.3 Å². The maximum absolute atomic E-state index is 13.5. The zero-order chi connectivity index (χ0) is 28.2. The van der Waals surface area contributed by atoms with E-state index in [9.17, 15) is 9.59 Å². The van der Waals surface area contributed by atoms with Gasteiger partial charge in [-0.15, -0.1) is 0 Å². The van der Waals surface area contributed by atoms with Crippen LogP contribution in [0.4, 0.5) is 5.69 Å². The van der Waals surface area contributed by atoms with Gasteiger partial charge in [0.05, 0.1) is 13.2 Å². The summed E-state index contributed by atoms with van der Waals surface area (Å²) in [6.45, 7) is 13.4. The largest absolute Gasteiger partial charge is 0.379 e. The van der Waals surface area contributed by atoms with Crippen LogP contribution in [0.2, 0.25) is 0 Å². The van der Waals surface area contributed by atoms with Gasteiger partial charge in [-0.2, -0.15) is 0 Å². The molecule has 1 aliphatic heterocycles. The summed E-state index contributed by atoms with van der Waals surface area (Å²) in [7, 11) is 0. The molecule has 4 aromatic rings. The molecular weight excluding hydrogens is 500 g/mol. The summed E-state index contributed by atoms with van der Waals surface area (Å²) < 4.78 is 7.51. The van der Waals surface area contributed by atoms with Crippen molar-refractivity contribution in [1.29, 1.82) is 0 Å². The Hall–Kier alpha value is -3.94. The van der Waals surface area contributed by atoms with E-state index in [0.29, 0.717) is 30.0 Å². The molecule has 0 saturated carbocycles. The van der Waals surface area contributed by atoms with E-state index in [1.54, 1.807) is 0 Å². The van der Waals surface area contributed by atoms with E-state index in [2.05, 4.69) is 52.1 Å². The number of aryl methyl sites for hydroxylation is 4. The first-order valence-corrected chi connectivity index (χ1v) is 13.9. The molecule has 208 valence electrons. The number of fused-ring (bicyclic) bond motifs is 1. The van der Waals surface area contributed by atoms with Crippen LogP contribution in [0.5, 0.6) is 0 Å². The predicted molar refractivity (Wildman–Crippen MR) is 160 cm³/mol. The van der Waals surface area contributed by atoms with Crippen molar-refractivity contribution in [2.75, 3.05) is 44.7 Å². The summed E-state index contributed by atoms with van der Waals surface area (Å²) in [6, 6.07) is 19.9. The fourth-order valence-corrected chi connectivity index (χ4v) is 5.18. The number of carbonyl (C=O) groups excluding carboxylic acids is 2. The van der Waals surface area contributed by atoms with Crippen LogP contribution in [-0.2, 0) is 11.3 Å². The van der Waals surface area contributed by atoms with Crippen molar-refractivity contribution in [3.63, 3.8) is 0 Å². The molecule has 2 heterocycles. The topological polar surface area (TPSA) is 75.6 Å². The van der Waals surface area contributed by atoms with Crippen LogP contribution in [0, 0.1) is 27.7 Å². The average Bonchev–Trinajstić information content (AvgIpc) is 3.30. The Morgan fingerprint density at radius 1 is 0.825 bits per heavy atom. The number of hydrogen-bond acceptors (Lipinski definition) is 4. The molecule has 7 nitrogen and oxygen atoms in total. The third-order valence-electron chi connectivity index (χ3n) is 7.81. The van der Waals surface area contributed by atoms with Gasteiger partial charge < -0.3 is 19.9 Å². The van der Waals surface area contributed by atoms with Crippen molar-refractivity contribution in [2.45, 2.75) is 34.2 Å². The van der Waals surface area contributed by atoms with Gasteiger partial charge in [-0.1, -0.05) is 29.8 Å². The molecular formula is C33H38N4O3. The molecule has 0 unspecified atom stereocenters. The summed E-state index contributed by atoms with van der Waals surface area (Å²) >= 11 is 0. The second-order valence-corrected chi connectivity index (χ2v) is 10.8. The number of aromatic nitrogens is 1. The van der Waals surface area contributed by atoms with E-state index < -0.39 is 0 Å². The molecule has 1 fully saturated rings. The van der Waals surface area contributed by atoms with E-state index in [1.165, 1.54) is 16.7 Å². The Bertz CT molecular complexity index is 1550. The minimum Gasteiger partial charge on any atom is -0.379 e. The lowest BCUT2D eigenvalue weighted by Gasteiger charge is -2.26. The van der Waals surface area contributed by atoms with Gasteiger partial charge in [0.1, 0.15) is 5.69 Å². The number of nitrogens with zero attached hydrogens (tertiary/aromatic N) is 2. The van der Waals surface area contributed by atoms with Crippen LogP contribution < -0.4 is 10.6 Å². The fourth-order valence-electron chi connectivity index (χ4n) is 5.18. The molecule has 2 amide bonds. The number of anilines is 1. The molecule has 40 heavy (non-hydrogen) atoms. The van der Waals surface area contributed by atoms with Gasteiger partial charge in [0.2, 0.25) is 0 Å². The quantitative estimate of drug-likeness (QED) is 0.322. The van der Waals surface area contributed by atoms with Crippen molar-refractivity contribution in [1.82, 2.24) is 14.8 Å². The highest BCUT2D eigenvalue weighted by atomic mass is 16.5. The minimum atomic E-state index is -0.154. The number of benzene rings is 3. The molecule has 0 atom stereocenters. The van der Waals surface area contributed by atoms with E-state index in [-0.39, 0.29) is 11.8 Å². The van der Waals surface area contributed by atoms with Gasteiger partial charge in [0.15, 0.2) is 0 Å². The Morgan fingerprint density at radius 2 is 1.60 bits per heavy atom. The average molecular weight is 539 g/mol. The predicted octanol–water partition coefficient (Wildman–Crippen LogP) is 5.24. The number of amides is 2. The third kappa shape index (κ3) is 6.27. The highest BCUT2D eigenvalue weighted by Crippen LogP contribution is 2.26. The SMILES string of the molecule is Cc1ccc(C)c(Cn2c(C(=O)NCCN3CCOCC3)cc3cc(NC(=O)c4ccc(C)c(C)c4)ccc32)c1. The van der Waals surface area contributed by atoms with E-state index in [4.69, 9.17) is 4.74 Å². The third-order valence-corrected chi connectivity index (χ3v) is 7.81. The van der Waals surface area contributed by atoms with Crippen LogP contribution in [0.25, 0.3) is 10.9 Å². The maximum Gasteiger partial charge on any atom is 0.267 e. The van der Waals surface area contributed by atoms with Gasteiger partial charge >= 0.3 is 0 Å². The monoisotopic (exact) mass is 538 g/mol. The van der Waals surface area contributed by atoms with Gasteiger partial charge in [-0.3, -0.25) is 14.5 Å². The first kappa shape index (κ1) is 27.6. The molecule has 0 radical (unpaired) electrons. The first-order chi connectivity index (χ1) is 19.3. The van der Waals surface area contributed by atoms with E-state index in [0.717, 1.165) is 54.9 Å². The lowest BCUT2D eigenvalue weighted by Crippen LogP contribution is -2.41. The Labute approximate surface area is 236 Å². The summed E-state index contributed by atoms with van der Waals surface area (Å²) in [6.07, 6.45) is 0. The molecule has 1 saturated heterocycles. The molecule has 1 aromatic heterocycles. The number of morpholine rings is 1. The van der Waals surface area contributed by atoms with Crippen LogP contribution in [0.15, 0.2) is 60.7 Å². The second kappa shape index (κ2) is 12.1. The van der Waals surface area contributed by atoms with E-state index >= 15 is 0 Å². The molecule has 1 aliphatic rings. The zero-order valence-corrected chi connectivity index (χ0v) is 23.8. The van der Waals surface area contributed by atoms with Crippen molar-refractivity contribution >= 4 is 28.4 Å². The Morgan fingerprint density at radius 3 is 2.38 bits per heavy atom. The smallest absolute Gasteiger partial charge is 0.267 e. The van der Waals surface area contributed by atoms with Gasteiger partial charge in [-0.25, -0.2) is 0 Å². The maximum atomic E-state index is 13.5. The summed E-state index contributed by atoms with van der Waals surface area (Å²) in [4.78, 5) is 28.7.